The summed E-state index contributed by atoms with van der Waals surface area (Å²) in [5, 5.41) is 12.3. The lowest BCUT2D eigenvalue weighted by atomic mass is 10.00. The second-order valence-electron chi connectivity index (χ2n) is 9.40. The lowest BCUT2D eigenvalue weighted by molar-refractivity contribution is -0.197. The summed E-state index contributed by atoms with van der Waals surface area (Å²) in [6.45, 7) is 6.74. The van der Waals surface area contributed by atoms with Gasteiger partial charge in [0.2, 0.25) is 5.36 Å². The molecule has 4 rings (SSSR count). The first-order valence-corrected chi connectivity index (χ1v) is 13.1. The van der Waals surface area contributed by atoms with E-state index in [2.05, 4.69) is 29.4 Å². The Morgan fingerprint density at radius 2 is 1.82 bits per heavy atom. The van der Waals surface area contributed by atoms with Gasteiger partial charge >= 0.3 is 5.97 Å². The van der Waals surface area contributed by atoms with Crippen LogP contribution in [-0.2, 0) is 19.2 Å². The minimum absolute atomic E-state index is 0.0892. The Labute approximate surface area is 221 Å². The van der Waals surface area contributed by atoms with Gasteiger partial charge in [-0.3, -0.25) is 9.59 Å². The largest absolute Gasteiger partial charge is 0.456 e. The van der Waals surface area contributed by atoms with E-state index in [4.69, 9.17) is 9.25 Å². The summed E-state index contributed by atoms with van der Waals surface area (Å²) in [6, 6.07) is 14.2. The number of unbranched alkanes of at least 4 members (excludes halogenated alkanes) is 2. The van der Waals surface area contributed by atoms with Crippen molar-refractivity contribution in [2.45, 2.75) is 52.4 Å². The molecule has 0 spiro atoms. The van der Waals surface area contributed by atoms with Crippen molar-refractivity contribution in [1.29, 1.82) is 5.26 Å². The van der Waals surface area contributed by atoms with Crippen molar-refractivity contribution in [1.82, 2.24) is 9.64 Å². The number of hydrogen-bond acceptors (Lipinski definition) is 7. The first kappa shape index (κ1) is 26.9. The molecule has 1 fully saturated rings. The van der Waals surface area contributed by atoms with Crippen LogP contribution in [0.4, 0.5) is 5.69 Å². The normalized spacial score (nSPS) is 14.2. The van der Waals surface area contributed by atoms with Gasteiger partial charge < -0.3 is 14.2 Å². The molecule has 0 bridgehead atoms. The highest BCUT2D eigenvalue weighted by atomic mass is 16.7. The molecule has 198 valence electrons. The monoisotopic (exact) mass is 517 g/mol. The van der Waals surface area contributed by atoms with Gasteiger partial charge in [0.1, 0.15) is 31.0 Å². The Balaban J connectivity index is 1.44. The molecule has 2 aliphatic heterocycles. The van der Waals surface area contributed by atoms with E-state index in [9.17, 15) is 19.6 Å². The third kappa shape index (κ3) is 5.70. The van der Waals surface area contributed by atoms with Gasteiger partial charge in [0.25, 0.3) is 11.8 Å². The van der Waals surface area contributed by atoms with Crippen LogP contribution < -0.4 is 14.8 Å². The summed E-state index contributed by atoms with van der Waals surface area (Å²) in [7, 11) is 1.99. The van der Waals surface area contributed by atoms with Crippen LogP contribution in [0.25, 0.3) is 22.3 Å². The van der Waals surface area contributed by atoms with Crippen molar-refractivity contribution in [3.63, 3.8) is 0 Å². The molecule has 38 heavy (non-hydrogen) atoms. The molecule has 2 amide bonds. The maximum atomic E-state index is 12.0. The van der Waals surface area contributed by atoms with Crippen LogP contribution in [0.1, 0.15) is 57.9 Å². The standard InChI is InChI=1S/C29H33N4O5/c1-4-32(5-2)21-11-13-23-24(19-30)22-12-10-20(17-25(22)37-26(23)18-21)31(3)16-8-6-7-9-29(36)38-33-27(34)14-15-28(33)35/h10-13,17-18H,4-9,14-16H2,1-3H3/q+1. The number of amides is 2. The topological polar surface area (TPSA) is 107 Å². The number of rotatable bonds is 10. The lowest BCUT2D eigenvalue weighted by Gasteiger charge is -2.21. The molecule has 1 aromatic rings. The number of carbonyl (C=O) groups excluding carboxylic acids is 3. The summed E-state index contributed by atoms with van der Waals surface area (Å²) in [6.07, 6.45) is 2.56. The van der Waals surface area contributed by atoms with Crippen molar-refractivity contribution < 1.29 is 23.6 Å². The van der Waals surface area contributed by atoms with Crippen LogP contribution >= 0.6 is 0 Å². The highest BCUT2D eigenvalue weighted by Crippen LogP contribution is 2.34. The average molecular weight is 518 g/mol. The molecular weight excluding hydrogens is 484 g/mol. The molecule has 9 heteroatoms. The first-order valence-electron chi connectivity index (χ1n) is 13.1. The number of nitrogens with zero attached hydrogens (tertiary/aromatic N) is 4. The molecule has 0 radical (unpaired) electrons. The van der Waals surface area contributed by atoms with Crippen LogP contribution in [-0.4, -0.2) is 49.5 Å². The van der Waals surface area contributed by atoms with Crippen LogP contribution in [0.5, 0.6) is 0 Å². The third-order valence-corrected chi connectivity index (χ3v) is 6.94. The van der Waals surface area contributed by atoms with Gasteiger partial charge in [-0.25, -0.2) is 9.37 Å². The second-order valence-corrected chi connectivity index (χ2v) is 9.40. The second kappa shape index (κ2) is 11.9. The molecule has 0 unspecified atom stereocenters. The molecule has 0 saturated carbocycles. The van der Waals surface area contributed by atoms with Gasteiger partial charge in [-0.1, -0.05) is 0 Å². The van der Waals surface area contributed by atoms with Crippen molar-refractivity contribution in [2.75, 3.05) is 31.6 Å². The van der Waals surface area contributed by atoms with Gasteiger partial charge in [0.05, 0.1) is 11.6 Å². The number of fused-ring (bicyclic) bond motifs is 2. The molecule has 1 saturated heterocycles. The zero-order valence-electron chi connectivity index (χ0n) is 22.2. The molecule has 0 atom stereocenters. The number of imide groups is 1. The summed E-state index contributed by atoms with van der Waals surface area (Å²) in [5.41, 5.74) is 3.12. The highest BCUT2D eigenvalue weighted by molar-refractivity contribution is 6.01. The van der Waals surface area contributed by atoms with E-state index in [1.165, 1.54) is 0 Å². The van der Waals surface area contributed by atoms with Crippen LogP contribution in [0.3, 0.4) is 0 Å². The Morgan fingerprint density at radius 3 is 2.50 bits per heavy atom. The molecule has 3 aliphatic rings. The fourth-order valence-corrected chi connectivity index (χ4v) is 4.74. The number of benzene rings is 2. The van der Waals surface area contributed by atoms with Crippen molar-refractivity contribution >= 4 is 34.4 Å². The van der Waals surface area contributed by atoms with Crippen LogP contribution in [0.2, 0.25) is 0 Å². The van der Waals surface area contributed by atoms with E-state index in [-0.39, 0.29) is 19.3 Å². The minimum atomic E-state index is -0.567. The number of hydroxylamine groups is 2. The van der Waals surface area contributed by atoms with Gasteiger partial charge in [-0.2, -0.15) is 5.26 Å². The Morgan fingerprint density at radius 1 is 1.08 bits per heavy atom. The van der Waals surface area contributed by atoms with E-state index < -0.39 is 17.8 Å². The molecule has 0 aromatic heterocycles. The van der Waals surface area contributed by atoms with Crippen molar-refractivity contribution in [3.8, 4) is 17.4 Å². The van der Waals surface area contributed by atoms with Gasteiger partial charge in [-0.05, 0) is 44.9 Å². The zero-order valence-corrected chi connectivity index (χ0v) is 22.2. The SMILES string of the molecule is CCN(CC)c1ccc2c(C#N)c3ccc(=[N+](C)CCCCCC(=O)ON4C(=O)CCC4=O)cc-3oc2c1. The predicted molar refractivity (Wildman–Crippen MR) is 143 cm³/mol. The van der Waals surface area contributed by atoms with E-state index in [0.717, 1.165) is 54.5 Å². The number of nitriles is 1. The van der Waals surface area contributed by atoms with E-state index in [1.54, 1.807) is 0 Å². The average Bonchev–Trinajstić information content (AvgIpc) is 3.23. The summed E-state index contributed by atoms with van der Waals surface area (Å²) >= 11 is 0. The maximum absolute atomic E-state index is 12.0. The van der Waals surface area contributed by atoms with Gasteiger partial charge in [0, 0.05) is 67.5 Å². The van der Waals surface area contributed by atoms with Crippen molar-refractivity contribution in [2.24, 2.45) is 0 Å². The number of anilines is 1. The molecular formula is C29H33N4O5+. The van der Waals surface area contributed by atoms with Crippen LogP contribution in [0, 0.1) is 11.3 Å². The van der Waals surface area contributed by atoms with Gasteiger partial charge in [0.15, 0.2) is 0 Å². The third-order valence-electron chi connectivity index (χ3n) is 6.94. The fraction of sp³-hybridized carbons (Fsp3) is 0.414. The summed E-state index contributed by atoms with van der Waals surface area (Å²) in [5.74, 6) is -0.843. The maximum Gasteiger partial charge on any atom is 0.333 e. The Kier molecular flexibility index (Phi) is 8.41. The fourth-order valence-electron chi connectivity index (χ4n) is 4.74. The molecule has 9 nitrogen and oxygen atoms in total. The van der Waals surface area contributed by atoms with Crippen LogP contribution in [0.15, 0.2) is 40.8 Å². The van der Waals surface area contributed by atoms with E-state index in [1.807, 2.05) is 43.4 Å². The minimum Gasteiger partial charge on any atom is -0.456 e. The molecule has 1 aliphatic carbocycles. The highest BCUT2D eigenvalue weighted by Gasteiger charge is 2.32. The quantitative estimate of drug-likeness (QED) is 0.174. The first-order chi connectivity index (χ1) is 18.4. The predicted octanol–water partition coefficient (Wildman–Crippen LogP) is 3.83. The van der Waals surface area contributed by atoms with E-state index in [0.29, 0.717) is 28.4 Å². The number of hydrogen-bond donors (Lipinski definition) is 0. The molecule has 1 aromatic carbocycles. The summed E-state index contributed by atoms with van der Waals surface area (Å²) < 4.78 is 8.40. The molecule has 0 N–H and O–H groups in total. The van der Waals surface area contributed by atoms with Crippen molar-refractivity contribution in [3.05, 3.63) is 47.3 Å². The lowest BCUT2D eigenvalue weighted by Crippen LogP contribution is -2.32. The Hall–Kier alpha value is -4.19. The van der Waals surface area contributed by atoms with E-state index >= 15 is 0 Å². The zero-order chi connectivity index (χ0) is 27.2. The molecule has 2 heterocycles. The number of carbonyl (C=O) groups is 3. The Bertz CT molecular complexity index is 1430. The summed E-state index contributed by atoms with van der Waals surface area (Å²) in [4.78, 5) is 42.2. The van der Waals surface area contributed by atoms with Gasteiger partial charge in [-0.15, -0.1) is 5.06 Å². The smallest absolute Gasteiger partial charge is 0.333 e.